The summed E-state index contributed by atoms with van der Waals surface area (Å²) in [6, 6.07) is 0. The second kappa shape index (κ2) is 4.23. The highest BCUT2D eigenvalue weighted by molar-refractivity contribution is 5.94. The molecule has 0 saturated carbocycles. The molecule has 0 radical (unpaired) electrons. The third kappa shape index (κ3) is 2.30. The Morgan fingerprint density at radius 3 is 2.72 bits per heavy atom. The molecular weight excluding hydrogens is 232 g/mol. The number of Topliss-reactive ketones (excluding diaryl/α,β-unsaturated/α-hetero) is 1. The predicted molar refractivity (Wildman–Crippen MR) is 65.2 cm³/mol. The summed E-state index contributed by atoms with van der Waals surface area (Å²) < 4.78 is 7.01. The van der Waals surface area contributed by atoms with E-state index in [1.165, 1.54) is 6.92 Å². The number of ketones is 1. The van der Waals surface area contributed by atoms with E-state index in [0.717, 1.165) is 5.69 Å². The summed E-state index contributed by atoms with van der Waals surface area (Å²) in [5.74, 6) is -0.0680. The predicted octanol–water partition coefficient (Wildman–Crippen LogP) is 1.74. The molecule has 1 atom stereocenters. The molecule has 1 aromatic rings. The van der Waals surface area contributed by atoms with Crippen LogP contribution < -0.4 is 0 Å². The second-order valence-corrected chi connectivity index (χ2v) is 5.38. The lowest BCUT2D eigenvalue weighted by Gasteiger charge is -2.24. The molecule has 1 saturated heterocycles. The lowest BCUT2D eigenvalue weighted by Crippen LogP contribution is -2.30. The molecule has 1 aliphatic heterocycles. The molecule has 1 aliphatic rings. The number of ether oxygens (including phenoxy) is 1. The number of carbonyl (C=O) groups is 2. The Bertz CT molecular complexity index is 502. The van der Waals surface area contributed by atoms with E-state index in [0.29, 0.717) is 18.5 Å². The maximum Gasteiger partial charge on any atom is 0.306 e. The molecule has 0 amide bonds. The maximum atomic E-state index is 11.4. The summed E-state index contributed by atoms with van der Waals surface area (Å²) in [6.45, 7) is 7.75. The molecule has 1 aromatic heterocycles. The number of nitrogens with zero attached hydrogens (tertiary/aromatic N) is 2. The zero-order valence-electron chi connectivity index (χ0n) is 11.2. The number of hydrogen-bond acceptors (Lipinski definition) is 4. The average molecular weight is 250 g/mol. The van der Waals surface area contributed by atoms with Gasteiger partial charge in [0, 0.05) is 18.7 Å². The molecule has 18 heavy (non-hydrogen) atoms. The fourth-order valence-corrected chi connectivity index (χ4v) is 2.33. The minimum atomic E-state index is -0.465. The highest BCUT2D eigenvalue weighted by Gasteiger charge is 2.41. The smallest absolute Gasteiger partial charge is 0.306 e. The largest absolute Gasteiger partial charge is 0.459 e. The molecule has 5 heteroatoms. The van der Waals surface area contributed by atoms with Crippen molar-refractivity contribution in [3.63, 3.8) is 0 Å². The van der Waals surface area contributed by atoms with Crippen molar-refractivity contribution in [3.05, 3.63) is 17.5 Å². The van der Waals surface area contributed by atoms with Gasteiger partial charge in [0.2, 0.25) is 0 Å². The molecule has 0 aromatic carbocycles. The summed E-state index contributed by atoms with van der Waals surface area (Å²) >= 11 is 0. The second-order valence-electron chi connectivity index (χ2n) is 5.38. The average Bonchev–Trinajstić information content (AvgIpc) is 2.68. The first-order valence-corrected chi connectivity index (χ1v) is 6.06. The number of aromatic nitrogens is 2. The van der Waals surface area contributed by atoms with Crippen LogP contribution in [0.1, 0.15) is 43.2 Å². The molecule has 0 spiro atoms. The normalized spacial score (nSPS) is 22.0. The Morgan fingerprint density at radius 1 is 1.61 bits per heavy atom. The van der Waals surface area contributed by atoms with Crippen molar-refractivity contribution in [2.75, 3.05) is 0 Å². The van der Waals surface area contributed by atoms with Gasteiger partial charge >= 0.3 is 5.97 Å². The SMILES string of the molecule is CC(=O)c1cn(CC2CC(=O)OC2(C)C)nc1C. The Balaban J connectivity index is 2.17. The van der Waals surface area contributed by atoms with E-state index < -0.39 is 5.60 Å². The fourth-order valence-electron chi connectivity index (χ4n) is 2.33. The van der Waals surface area contributed by atoms with Crippen molar-refractivity contribution in [2.45, 2.75) is 46.3 Å². The summed E-state index contributed by atoms with van der Waals surface area (Å²) in [5.41, 5.74) is 0.899. The molecule has 2 heterocycles. The van der Waals surface area contributed by atoms with Crippen LogP contribution in [-0.2, 0) is 16.1 Å². The molecule has 5 nitrogen and oxygen atoms in total. The van der Waals surface area contributed by atoms with Crippen LogP contribution in [0.25, 0.3) is 0 Å². The van der Waals surface area contributed by atoms with Crippen molar-refractivity contribution in [3.8, 4) is 0 Å². The Morgan fingerprint density at radius 2 is 2.28 bits per heavy atom. The highest BCUT2D eigenvalue weighted by Crippen LogP contribution is 2.33. The number of cyclic esters (lactones) is 1. The summed E-state index contributed by atoms with van der Waals surface area (Å²) in [7, 11) is 0. The third-order valence-corrected chi connectivity index (χ3v) is 3.51. The van der Waals surface area contributed by atoms with Gasteiger partial charge in [0.05, 0.1) is 17.7 Å². The molecule has 1 unspecified atom stereocenters. The van der Waals surface area contributed by atoms with Gasteiger partial charge in [-0.15, -0.1) is 0 Å². The zero-order valence-corrected chi connectivity index (χ0v) is 11.2. The molecular formula is C13H18N2O3. The number of hydrogen-bond donors (Lipinski definition) is 0. The monoisotopic (exact) mass is 250 g/mol. The van der Waals surface area contributed by atoms with E-state index in [9.17, 15) is 9.59 Å². The van der Waals surface area contributed by atoms with Gasteiger partial charge in [-0.2, -0.15) is 5.10 Å². The summed E-state index contributed by atoms with van der Waals surface area (Å²) in [4.78, 5) is 22.7. The number of esters is 1. The van der Waals surface area contributed by atoms with Gasteiger partial charge in [-0.05, 0) is 27.7 Å². The van der Waals surface area contributed by atoms with Crippen molar-refractivity contribution in [1.82, 2.24) is 9.78 Å². The third-order valence-electron chi connectivity index (χ3n) is 3.51. The Labute approximate surface area is 106 Å². The first kappa shape index (κ1) is 12.8. The van der Waals surface area contributed by atoms with E-state index in [-0.39, 0.29) is 17.7 Å². The van der Waals surface area contributed by atoms with Crippen molar-refractivity contribution in [1.29, 1.82) is 0 Å². The lowest BCUT2D eigenvalue weighted by atomic mass is 9.91. The van der Waals surface area contributed by atoms with Gasteiger partial charge in [0.25, 0.3) is 0 Å². The maximum absolute atomic E-state index is 11.4. The van der Waals surface area contributed by atoms with Crippen LogP contribution in [0, 0.1) is 12.8 Å². The highest BCUT2D eigenvalue weighted by atomic mass is 16.6. The summed E-state index contributed by atoms with van der Waals surface area (Å²) in [5, 5.41) is 4.31. The van der Waals surface area contributed by atoms with Crippen LogP contribution in [0.15, 0.2) is 6.20 Å². The first-order valence-electron chi connectivity index (χ1n) is 6.06. The van der Waals surface area contributed by atoms with Gasteiger partial charge in [0.1, 0.15) is 5.60 Å². The lowest BCUT2D eigenvalue weighted by molar-refractivity contribution is -0.146. The van der Waals surface area contributed by atoms with Gasteiger partial charge in [-0.1, -0.05) is 0 Å². The number of rotatable bonds is 3. The molecule has 0 N–H and O–H groups in total. The van der Waals surface area contributed by atoms with Crippen LogP contribution in [0.4, 0.5) is 0 Å². The van der Waals surface area contributed by atoms with Crippen molar-refractivity contribution >= 4 is 11.8 Å². The number of carbonyl (C=O) groups excluding carboxylic acids is 2. The Hall–Kier alpha value is -1.65. The fraction of sp³-hybridized carbons (Fsp3) is 0.615. The quantitative estimate of drug-likeness (QED) is 0.605. The van der Waals surface area contributed by atoms with Gasteiger partial charge in [0.15, 0.2) is 5.78 Å². The van der Waals surface area contributed by atoms with Crippen molar-refractivity contribution < 1.29 is 14.3 Å². The van der Waals surface area contributed by atoms with E-state index in [2.05, 4.69) is 5.10 Å². The minimum absolute atomic E-state index is 0.0109. The van der Waals surface area contributed by atoms with Gasteiger partial charge in [-0.25, -0.2) is 0 Å². The minimum Gasteiger partial charge on any atom is -0.459 e. The van der Waals surface area contributed by atoms with Crippen LogP contribution in [0.3, 0.4) is 0 Å². The van der Waals surface area contributed by atoms with Crippen LogP contribution >= 0.6 is 0 Å². The zero-order chi connectivity index (χ0) is 13.5. The van der Waals surface area contributed by atoms with Crippen molar-refractivity contribution in [2.24, 2.45) is 5.92 Å². The molecule has 98 valence electrons. The standard InChI is InChI=1S/C13H18N2O3/c1-8-11(9(2)16)7-15(14-8)6-10-5-12(17)18-13(10,3)4/h7,10H,5-6H2,1-4H3. The van der Waals surface area contributed by atoms with Crippen LogP contribution in [-0.4, -0.2) is 27.1 Å². The van der Waals surface area contributed by atoms with Gasteiger partial charge < -0.3 is 4.74 Å². The van der Waals surface area contributed by atoms with E-state index in [1.54, 1.807) is 10.9 Å². The van der Waals surface area contributed by atoms with E-state index in [4.69, 9.17) is 4.74 Å². The van der Waals surface area contributed by atoms with E-state index in [1.807, 2.05) is 20.8 Å². The van der Waals surface area contributed by atoms with E-state index >= 15 is 0 Å². The summed E-state index contributed by atoms with van der Waals surface area (Å²) in [6.07, 6.45) is 2.15. The first-order chi connectivity index (χ1) is 8.29. The molecule has 0 aliphatic carbocycles. The Kier molecular flexibility index (Phi) is 3.00. The number of aryl methyl sites for hydroxylation is 1. The van der Waals surface area contributed by atoms with Crippen LogP contribution in [0.5, 0.6) is 0 Å². The molecule has 0 bridgehead atoms. The topological polar surface area (TPSA) is 61.2 Å². The molecule has 2 rings (SSSR count). The molecule has 1 fully saturated rings. The van der Waals surface area contributed by atoms with Gasteiger partial charge in [-0.3, -0.25) is 14.3 Å². The van der Waals surface area contributed by atoms with Crippen LogP contribution in [0.2, 0.25) is 0 Å².